The second kappa shape index (κ2) is 3.09. The zero-order valence-electron chi connectivity index (χ0n) is 7.54. The molecule has 0 fully saturated rings. The van der Waals surface area contributed by atoms with Gasteiger partial charge in [-0.25, -0.2) is 9.78 Å². The molecule has 2 rings (SSSR count). The first-order valence-corrected chi connectivity index (χ1v) is 4.10. The lowest BCUT2D eigenvalue weighted by Crippen LogP contribution is -2.12. The van der Waals surface area contributed by atoms with Crippen molar-refractivity contribution in [3.8, 4) is 0 Å². The number of carboxylic acid groups (broad SMARTS) is 1. The average molecular weight is 205 g/mol. The molecule has 3 N–H and O–H groups in total. The van der Waals surface area contributed by atoms with Crippen LogP contribution < -0.4 is 5.73 Å². The summed E-state index contributed by atoms with van der Waals surface area (Å²) >= 11 is 0. The summed E-state index contributed by atoms with van der Waals surface area (Å²) < 4.78 is 1.45. The van der Waals surface area contributed by atoms with Crippen molar-refractivity contribution in [3.63, 3.8) is 0 Å². The zero-order chi connectivity index (χ0) is 11.0. The maximum atomic E-state index is 11.0. The quantitative estimate of drug-likeness (QED) is 0.728. The molecule has 15 heavy (non-hydrogen) atoms. The fourth-order valence-electron chi connectivity index (χ4n) is 1.31. The van der Waals surface area contributed by atoms with E-state index < -0.39 is 11.9 Å². The van der Waals surface area contributed by atoms with Gasteiger partial charge in [0.2, 0.25) is 0 Å². The molecule has 0 atom stereocenters. The van der Waals surface area contributed by atoms with Crippen LogP contribution in [0.3, 0.4) is 0 Å². The topological polar surface area (TPSA) is 97.7 Å². The maximum absolute atomic E-state index is 11.0. The molecule has 76 valence electrons. The Morgan fingerprint density at radius 3 is 2.80 bits per heavy atom. The number of hydrogen-bond donors (Lipinski definition) is 2. The molecule has 2 aromatic heterocycles. The van der Waals surface area contributed by atoms with Crippen LogP contribution in [0.5, 0.6) is 0 Å². The van der Waals surface area contributed by atoms with Gasteiger partial charge in [0.1, 0.15) is 0 Å². The first-order valence-electron chi connectivity index (χ1n) is 4.10. The van der Waals surface area contributed by atoms with Crippen LogP contribution in [0.25, 0.3) is 5.65 Å². The molecule has 0 bridgehead atoms. The molecule has 0 saturated carbocycles. The summed E-state index contributed by atoms with van der Waals surface area (Å²) in [6.45, 7) is 0. The molecular weight excluding hydrogens is 198 g/mol. The molecular formula is C9H7N3O3. The van der Waals surface area contributed by atoms with Crippen LogP contribution in [0.2, 0.25) is 0 Å². The van der Waals surface area contributed by atoms with Crippen LogP contribution in [0.4, 0.5) is 0 Å². The highest BCUT2D eigenvalue weighted by atomic mass is 16.4. The average Bonchev–Trinajstić information content (AvgIpc) is 2.60. The zero-order valence-corrected chi connectivity index (χ0v) is 7.54. The van der Waals surface area contributed by atoms with E-state index in [1.807, 2.05) is 0 Å². The molecule has 0 aliphatic carbocycles. The largest absolute Gasteiger partial charge is 0.476 e. The van der Waals surface area contributed by atoms with Crippen LogP contribution in [0, 0.1) is 0 Å². The molecule has 2 aromatic rings. The van der Waals surface area contributed by atoms with E-state index in [2.05, 4.69) is 4.98 Å². The number of carbonyl (C=O) groups is 2. The van der Waals surface area contributed by atoms with E-state index >= 15 is 0 Å². The number of imidazole rings is 1. The molecule has 2 heterocycles. The third kappa shape index (κ3) is 1.41. The predicted octanol–water partition coefficient (Wildman–Crippen LogP) is 0.131. The van der Waals surface area contributed by atoms with E-state index in [-0.39, 0.29) is 16.9 Å². The van der Waals surface area contributed by atoms with Crippen molar-refractivity contribution < 1.29 is 14.7 Å². The van der Waals surface area contributed by atoms with Crippen LogP contribution >= 0.6 is 0 Å². The number of nitrogens with zero attached hydrogens (tertiary/aromatic N) is 2. The van der Waals surface area contributed by atoms with Gasteiger partial charge < -0.3 is 15.2 Å². The van der Waals surface area contributed by atoms with E-state index in [1.165, 1.54) is 16.7 Å². The number of amides is 1. The number of hydrogen-bond acceptors (Lipinski definition) is 3. The molecule has 0 unspecified atom stereocenters. The van der Waals surface area contributed by atoms with Crippen molar-refractivity contribution >= 4 is 17.5 Å². The molecule has 1 amide bonds. The highest BCUT2D eigenvalue weighted by Crippen LogP contribution is 2.10. The Labute approximate surface area is 84.0 Å². The molecule has 0 radical (unpaired) electrons. The number of rotatable bonds is 2. The van der Waals surface area contributed by atoms with Crippen molar-refractivity contribution in [2.45, 2.75) is 0 Å². The summed E-state index contributed by atoms with van der Waals surface area (Å²) in [5, 5.41) is 8.72. The summed E-state index contributed by atoms with van der Waals surface area (Å²) in [6, 6.07) is 3.09. The fourth-order valence-corrected chi connectivity index (χ4v) is 1.31. The van der Waals surface area contributed by atoms with Gasteiger partial charge >= 0.3 is 5.97 Å². The van der Waals surface area contributed by atoms with Crippen LogP contribution in [0.1, 0.15) is 20.8 Å². The summed E-state index contributed by atoms with van der Waals surface area (Å²) in [4.78, 5) is 25.5. The Morgan fingerprint density at radius 1 is 1.47 bits per heavy atom. The van der Waals surface area contributed by atoms with E-state index in [0.717, 1.165) is 0 Å². The molecule has 6 heteroatoms. The maximum Gasteiger partial charge on any atom is 0.356 e. The monoisotopic (exact) mass is 205 g/mol. The number of aromatic carboxylic acids is 1. The number of carboxylic acids is 1. The standard InChI is InChI=1S/C9H7N3O3/c10-7(13)5-2-1-3-12-4-6(9(14)15)11-8(5)12/h1-4H,(H2,10,13)(H,14,15). The van der Waals surface area contributed by atoms with E-state index in [0.29, 0.717) is 0 Å². The number of carbonyl (C=O) groups excluding carboxylic acids is 1. The highest BCUT2D eigenvalue weighted by Gasteiger charge is 2.13. The number of pyridine rings is 1. The minimum atomic E-state index is -1.14. The Hall–Kier alpha value is -2.37. The summed E-state index contributed by atoms with van der Waals surface area (Å²) in [5.74, 6) is -1.78. The minimum Gasteiger partial charge on any atom is -0.476 e. The first-order chi connectivity index (χ1) is 7.09. The van der Waals surface area contributed by atoms with Gasteiger partial charge in [0, 0.05) is 12.4 Å². The highest BCUT2D eigenvalue weighted by molar-refractivity contribution is 5.99. The number of aromatic nitrogens is 2. The number of primary amides is 1. The van der Waals surface area contributed by atoms with E-state index in [9.17, 15) is 9.59 Å². The summed E-state index contributed by atoms with van der Waals surface area (Å²) in [5.41, 5.74) is 5.46. The van der Waals surface area contributed by atoms with E-state index in [4.69, 9.17) is 10.8 Å². The van der Waals surface area contributed by atoms with Gasteiger partial charge in [-0.3, -0.25) is 4.79 Å². The molecule has 0 aromatic carbocycles. The molecule has 0 spiro atoms. The Kier molecular flexibility index (Phi) is 1.89. The third-order valence-corrected chi connectivity index (χ3v) is 1.97. The molecule has 0 aliphatic heterocycles. The van der Waals surface area contributed by atoms with Gasteiger partial charge in [-0.1, -0.05) is 0 Å². The normalized spacial score (nSPS) is 10.4. The molecule has 6 nitrogen and oxygen atoms in total. The van der Waals surface area contributed by atoms with Gasteiger partial charge in [0.05, 0.1) is 5.56 Å². The second-order valence-electron chi connectivity index (χ2n) is 2.95. The van der Waals surface area contributed by atoms with Crippen LogP contribution in [0.15, 0.2) is 24.5 Å². The van der Waals surface area contributed by atoms with Crippen molar-refractivity contribution in [2.24, 2.45) is 5.73 Å². The lowest BCUT2D eigenvalue weighted by Gasteiger charge is -1.96. The number of fused-ring (bicyclic) bond motifs is 1. The summed E-state index contributed by atoms with van der Waals surface area (Å²) in [7, 11) is 0. The van der Waals surface area contributed by atoms with Gasteiger partial charge in [-0.2, -0.15) is 0 Å². The van der Waals surface area contributed by atoms with Crippen LogP contribution in [-0.4, -0.2) is 26.4 Å². The van der Waals surface area contributed by atoms with Gasteiger partial charge in [-0.05, 0) is 12.1 Å². The minimum absolute atomic E-state index is 0.122. The Bertz CT molecular complexity index is 559. The van der Waals surface area contributed by atoms with Crippen molar-refractivity contribution in [3.05, 3.63) is 35.8 Å². The van der Waals surface area contributed by atoms with Gasteiger partial charge in [0.15, 0.2) is 11.3 Å². The second-order valence-corrected chi connectivity index (χ2v) is 2.95. The van der Waals surface area contributed by atoms with Crippen LogP contribution in [-0.2, 0) is 0 Å². The third-order valence-electron chi connectivity index (χ3n) is 1.97. The van der Waals surface area contributed by atoms with Crippen molar-refractivity contribution in [1.82, 2.24) is 9.38 Å². The Balaban J connectivity index is 2.75. The predicted molar refractivity (Wildman–Crippen MR) is 50.7 cm³/mol. The number of nitrogens with two attached hydrogens (primary N) is 1. The molecule has 0 saturated heterocycles. The summed E-state index contributed by atoms with van der Waals surface area (Å²) in [6.07, 6.45) is 2.92. The lowest BCUT2D eigenvalue weighted by molar-refractivity contribution is 0.0691. The van der Waals surface area contributed by atoms with Crippen molar-refractivity contribution in [1.29, 1.82) is 0 Å². The van der Waals surface area contributed by atoms with Gasteiger partial charge in [-0.15, -0.1) is 0 Å². The first kappa shape index (κ1) is 9.20. The SMILES string of the molecule is NC(=O)c1cccn2cc(C(=O)O)nc12. The lowest BCUT2D eigenvalue weighted by atomic mass is 10.2. The van der Waals surface area contributed by atoms with Crippen molar-refractivity contribution in [2.75, 3.05) is 0 Å². The fraction of sp³-hybridized carbons (Fsp3) is 0. The van der Waals surface area contributed by atoms with E-state index in [1.54, 1.807) is 12.3 Å². The Morgan fingerprint density at radius 2 is 2.20 bits per heavy atom. The molecule has 0 aliphatic rings. The van der Waals surface area contributed by atoms with Gasteiger partial charge in [0.25, 0.3) is 5.91 Å². The smallest absolute Gasteiger partial charge is 0.356 e.